The molecule has 5 nitrogen and oxygen atoms in total. The Morgan fingerprint density at radius 1 is 1.32 bits per heavy atom. The fourth-order valence-corrected chi connectivity index (χ4v) is 2.87. The van der Waals surface area contributed by atoms with Crippen molar-refractivity contribution in [2.24, 2.45) is 5.73 Å². The molecule has 2 aromatic carbocycles. The Kier molecular flexibility index (Phi) is 5.01. The zero-order valence-electron chi connectivity index (χ0n) is 14.0. The molecule has 6 heteroatoms. The maximum atomic E-state index is 14.6. The van der Waals surface area contributed by atoms with Crippen molar-refractivity contribution in [1.82, 2.24) is 0 Å². The lowest BCUT2D eigenvalue weighted by Gasteiger charge is -2.15. The van der Waals surface area contributed by atoms with Crippen LogP contribution in [0.2, 0.25) is 0 Å². The topological polar surface area (TPSA) is 75.8 Å². The van der Waals surface area contributed by atoms with Crippen molar-refractivity contribution in [2.45, 2.75) is 25.5 Å². The predicted octanol–water partition coefficient (Wildman–Crippen LogP) is 3.22. The molecule has 1 heterocycles. The Balaban J connectivity index is 1.84. The van der Waals surface area contributed by atoms with Gasteiger partial charge in [0.25, 0.3) is 0 Å². The number of amides is 1. The molecule has 132 valence electrons. The molecule has 0 aliphatic carbocycles. The Labute approximate surface area is 145 Å². The lowest BCUT2D eigenvalue weighted by Crippen LogP contribution is -2.24. The summed E-state index contributed by atoms with van der Waals surface area (Å²) in [6.45, 7) is 2.23. The Morgan fingerprint density at radius 2 is 2.04 bits per heavy atom. The van der Waals surface area contributed by atoms with Crippen molar-refractivity contribution >= 4 is 11.8 Å². The van der Waals surface area contributed by atoms with Gasteiger partial charge in [0.2, 0.25) is 0 Å². The SMILES string of the molecule is CC[C@H]1CN(c2ccc(-c3ccc([C@@H](N)CO)cc3)c(F)c2)C(=O)O1. The van der Waals surface area contributed by atoms with E-state index in [1.54, 1.807) is 36.4 Å². The Hall–Kier alpha value is -2.44. The Morgan fingerprint density at radius 3 is 2.60 bits per heavy atom. The number of cyclic esters (lactones) is 1. The number of aliphatic hydroxyl groups is 1. The maximum Gasteiger partial charge on any atom is 0.414 e. The third-order valence-corrected chi connectivity index (χ3v) is 4.44. The van der Waals surface area contributed by atoms with Gasteiger partial charge in [0, 0.05) is 5.56 Å². The summed E-state index contributed by atoms with van der Waals surface area (Å²) in [5, 5.41) is 9.08. The van der Waals surface area contributed by atoms with Crippen LogP contribution in [-0.4, -0.2) is 30.5 Å². The molecule has 1 saturated heterocycles. The highest BCUT2D eigenvalue weighted by molar-refractivity contribution is 5.90. The summed E-state index contributed by atoms with van der Waals surface area (Å²) in [7, 11) is 0. The third kappa shape index (κ3) is 3.50. The van der Waals surface area contributed by atoms with Gasteiger partial charge in [-0.25, -0.2) is 9.18 Å². The standard InChI is InChI=1S/C19H21FN2O3/c1-2-15-10-22(19(24)25-15)14-7-8-16(17(20)9-14)12-3-5-13(6-4-12)18(21)11-23/h3-9,15,18,23H,2,10-11,21H2,1H3/t15-,18-/m0/s1. The van der Waals surface area contributed by atoms with E-state index in [1.807, 2.05) is 6.92 Å². The van der Waals surface area contributed by atoms with Gasteiger partial charge in [0.1, 0.15) is 11.9 Å². The van der Waals surface area contributed by atoms with E-state index in [2.05, 4.69) is 0 Å². The molecule has 3 N–H and O–H groups in total. The minimum Gasteiger partial charge on any atom is -0.444 e. The van der Waals surface area contributed by atoms with Crippen LogP contribution < -0.4 is 10.6 Å². The lowest BCUT2D eigenvalue weighted by atomic mass is 10.0. The minimum absolute atomic E-state index is 0.146. The summed E-state index contributed by atoms with van der Waals surface area (Å²) in [5.74, 6) is -0.413. The van der Waals surface area contributed by atoms with Gasteiger partial charge in [-0.05, 0) is 35.7 Å². The number of nitrogens with two attached hydrogens (primary N) is 1. The number of carbonyl (C=O) groups is 1. The van der Waals surface area contributed by atoms with Crippen LogP contribution in [0.5, 0.6) is 0 Å². The fraction of sp³-hybridized carbons (Fsp3) is 0.316. The van der Waals surface area contributed by atoms with Crippen LogP contribution in [-0.2, 0) is 4.74 Å². The number of hydrogen-bond donors (Lipinski definition) is 2. The van der Waals surface area contributed by atoms with Crippen LogP contribution >= 0.6 is 0 Å². The first-order valence-electron chi connectivity index (χ1n) is 8.28. The summed E-state index contributed by atoms with van der Waals surface area (Å²) < 4.78 is 19.8. The zero-order valence-corrected chi connectivity index (χ0v) is 14.0. The van der Waals surface area contributed by atoms with Crippen LogP contribution in [0.3, 0.4) is 0 Å². The predicted molar refractivity (Wildman–Crippen MR) is 93.8 cm³/mol. The highest BCUT2D eigenvalue weighted by Crippen LogP contribution is 2.30. The largest absolute Gasteiger partial charge is 0.444 e. The number of rotatable bonds is 5. The van der Waals surface area contributed by atoms with Crippen LogP contribution in [0.1, 0.15) is 24.9 Å². The molecule has 1 amide bonds. The maximum absolute atomic E-state index is 14.6. The van der Waals surface area contributed by atoms with Gasteiger partial charge in [-0.2, -0.15) is 0 Å². The van der Waals surface area contributed by atoms with E-state index in [1.165, 1.54) is 11.0 Å². The molecule has 0 spiro atoms. The van der Waals surface area contributed by atoms with Crippen LogP contribution in [0.25, 0.3) is 11.1 Å². The van der Waals surface area contributed by atoms with Gasteiger partial charge in [-0.15, -0.1) is 0 Å². The molecular formula is C19H21FN2O3. The van der Waals surface area contributed by atoms with Crippen molar-refractivity contribution in [2.75, 3.05) is 18.1 Å². The average molecular weight is 344 g/mol. The number of carbonyl (C=O) groups excluding carboxylic acids is 1. The van der Waals surface area contributed by atoms with Gasteiger partial charge in [-0.3, -0.25) is 4.90 Å². The first-order valence-corrected chi connectivity index (χ1v) is 8.28. The fourth-order valence-electron chi connectivity index (χ4n) is 2.87. The molecule has 25 heavy (non-hydrogen) atoms. The number of aliphatic hydroxyl groups excluding tert-OH is 1. The van der Waals surface area contributed by atoms with Gasteiger partial charge < -0.3 is 15.6 Å². The summed E-state index contributed by atoms with van der Waals surface area (Å²) in [6.07, 6.45) is 0.130. The first kappa shape index (κ1) is 17.4. The Bertz CT molecular complexity index is 764. The van der Waals surface area contributed by atoms with Crippen molar-refractivity contribution in [3.8, 4) is 11.1 Å². The molecule has 2 atom stereocenters. The third-order valence-electron chi connectivity index (χ3n) is 4.44. The molecule has 0 unspecified atom stereocenters. The molecule has 1 aliphatic rings. The lowest BCUT2D eigenvalue weighted by molar-refractivity contribution is 0.139. The second-order valence-corrected chi connectivity index (χ2v) is 6.10. The smallest absolute Gasteiger partial charge is 0.414 e. The van der Waals surface area contributed by atoms with Gasteiger partial charge in [0.05, 0.1) is 24.9 Å². The van der Waals surface area contributed by atoms with Crippen LogP contribution in [0.4, 0.5) is 14.9 Å². The molecule has 1 aliphatic heterocycles. The van der Waals surface area contributed by atoms with Crippen LogP contribution in [0, 0.1) is 5.82 Å². The number of benzene rings is 2. The van der Waals surface area contributed by atoms with E-state index >= 15 is 0 Å². The molecule has 1 fully saturated rings. The average Bonchev–Trinajstić information content (AvgIpc) is 3.02. The van der Waals surface area contributed by atoms with Crippen molar-refractivity contribution in [3.05, 3.63) is 53.8 Å². The highest BCUT2D eigenvalue weighted by atomic mass is 19.1. The monoisotopic (exact) mass is 344 g/mol. The minimum atomic E-state index is -0.450. The molecule has 2 aromatic rings. The quantitative estimate of drug-likeness (QED) is 0.873. The molecular weight excluding hydrogens is 323 g/mol. The molecule has 0 bridgehead atoms. The van der Waals surface area contributed by atoms with E-state index < -0.39 is 18.0 Å². The van der Waals surface area contributed by atoms with Crippen molar-refractivity contribution in [3.63, 3.8) is 0 Å². The number of hydrogen-bond acceptors (Lipinski definition) is 4. The van der Waals surface area contributed by atoms with Gasteiger partial charge in [-0.1, -0.05) is 31.2 Å². The summed E-state index contributed by atoms with van der Waals surface area (Å²) >= 11 is 0. The first-order chi connectivity index (χ1) is 12.0. The van der Waals surface area contributed by atoms with Gasteiger partial charge in [0.15, 0.2) is 0 Å². The highest BCUT2D eigenvalue weighted by Gasteiger charge is 2.31. The van der Waals surface area contributed by atoms with Crippen molar-refractivity contribution < 1.29 is 19.0 Å². The molecule has 0 aromatic heterocycles. The summed E-state index contributed by atoms with van der Waals surface area (Å²) in [4.78, 5) is 13.3. The molecule has 0 saturated carbocycles. The molecule has 0 radical (unpaired) electrons. The normalized spacial score (nSPS) is 18.3. The van der Waals surface area contributed by atoms with E-state index in [-0.39, 0.29) is 12.7 Å². The summed E-state index contributed by atoms with van der Waals surface area (Å²) in [6, 6.07) is 11.3. The van der Waals surface area contributed by atoms with E-state index in [9.17, 15) is 9.18 Å². The zero-order chi connectivity index (χ0) is 18.0. The van der Waals surface area contributed by atoms with E-state index in [4.69, 9.17) is 15.6 Å². The second kappa shape index (κ2) is 7.21. The van der Waals surface area contributed by atoms with E-state index in [0.29, 0.717) is 23.4 Å². The second-order valence-electron chi connectivity index (χ2n) is 6.10. The molecule has 3 rings (SSSR count). The number of ether oxygens (including phenoxy) is 1. The van der Waals surface area contributed by atoms with E-state index in [0.717, 1.165) is 12.0 Å². The van der Waals surface area contributed by atoms with Crippen LogP contribution in [0.15, 0.2) is 42.5 Å². The number of halogens is 1. The van der Waals surface area contributed by atoms with Crippen molar-refractivity contribution in [1.29, 1.82) is 0 Å². The summed E-state index contributed by atoms with van der Waals surface area (Å²) in [5.41, 5.74) is 8.18. The number of nitrogens with zero attached hydrogens (tertiary/aromatic N) is 1. The van der Waals surface area contributed by atoms with Gasteiger partial charge >= 0.3 is 6.09 Å². The number of anilines is 1.